The number of hydrogen-bond donors (Lipinski definition) is 1. The van der Waals surface area contributed by atoms with Gasteiger partial charge in [-0.15, -0.1) is 0 Å². The molecule has 0 heterocycles. The van der Waals surface area contributed by atoms with Gasteiger partial charge >= 0.3 is 0 Å². The van der Waals surface area contributed by atoms with Crippen molar-refractivity contribution in [2.75, 3.05) is 7.11 Å². The number of rotatable bonds is 3. The molecule has 0 bridgehead atoms. The Morgan fingerprint density at radius 2 is 2.29 bits per heavy atom. The van der Waals surface area contributed by atoms with E-state index in [9.17, 15) is 0 Å². The summed E-state index contributed by atoms with van der Waals surface area (Å²) in [5, 5.41) is 0. The van der Waals surface area contributed by atoms with Gasteiger partial charge in [0.1, 0.15) is 0 Å². The lowest BCUT2D eigenvalue weighted by Crippen LogP contribution is -1.89. The minimum Gasteiger partial charge on any atom is -0.246 e. The molecule has 0 aromatic heterocycles. The van der Waals surface area contributed by atoms with E-state index in [-0.39, 0.29) is 0 Å². The van der Waals surface area contributed by atoms with E-state index >= 15 is 0 Å². The predicted molar refractivity (Wildman–Crippen MR) is 29.0 cm³/mol. The van der Waals surface area contributed by atoms with Gasteiger partial charge in [0.15, 0.2) is 0 Å². The first-order chi connectivity index (χ1) is 3.31. The zero-order valence-corrected chi connectivity index (χ0v) is 5.53. The maximum absolute atomic E-state index is 4.59. The van der Waals surface area contributed by atoms with Crippen molar-refractivity contribution in [3.8, 4) is 0 Å². The summed E-state index contributed by atoms with van der Waals surface area (Å²) in [5.74, 6) is 4.59. The van der Waals surface area contributed by atoms with Crippen molar-refractivity contribution >= 4 is 19.0 Å². The Morgan fingerprint density at radius 3 is 2.43 bits per heavy atom. The monoisotopic (exact) mass is 143 g/mol. The molecule has 44 valence electrons. The van der Waals surface area contributed by atoms with E-state index in [4.69, 9.17) is 0 Å². The third-order valence-electron chi connectivity index (χ3n) is 0.248. The van der Waals surface area contributed by atoms with E-state index in [0.717, 1.165) is 0 Å². The molecule has 0 rings (SSSR count). The largest absolute Gasteiger partial charge is 0.246 e. The van der Waals surface area contributed by atoms with Crippen LogP contribution in [-0.4, -0.2) is 7.11 Å². The minimum atomic E-state index is -1.74. The molecule has 0 aliphatic heterocycles. The predicted octanol–water partition coefficient (Wildman–Crippen LogP) is -0.0392. The first kappa shape index (κ1) is 7.49. The normalized spacial score (nSPS) is 14.0. The van der Waals surface area contributed by atoms with Gasteiger partial charge in [-0.1, -0.05) is 0 Å². The fourth-order valence-electron chi connectivity index (χ4n) is 0.0877. The molecule has 4 nitrogen and oxygen atoms in total. The quantitative estimate of drug-likeness (QED) is 0.341. The molecule has 0 radical (unpaired) electrons. The molecule has 1 unspecified atom stereocenters. The van der Waals surface area contributed by atoms with Gasteiger partial charge in [0.2, 0.25) is 7.15 Å². The van der Waals surface area contributed by atoms with Crippen LogP contribution in [-0.2, 0) is 26.0 Å². The Kier molecular flexibility index (Phi) is 4.97. The van der Waals surface area contributed by atoms with Crippen LogP contribution in [0.15, 0.2) is 0 Å². The maximum atomic E-state index is 4.59. The average molecular weight is 143 g/mol. The van der Waals surface area contributed by atoms with Crippen molar-refractivity contribution in [2.45, 2.75) is 0 Å². The van der Waals surface area contributed by atoms with E-state index in [1.807, 2.05) is 0 Å². The third-order valence-corrected chi connectivity index (χ3v) is 1.24. The highest BCUT2D eigenvalue weighted by atomic mass is 32.4. The summed E-state index contributed by atoms with van der Waals surface area (Å²) in [7, 11) is -0.398. The highest BCUT2D eigenvalue weighted by Crippen LogP contribution is 2.19. The van der Waals surface area contributed by atoms with Gasteiger partial charge in [-0.2, -0.15) is 4.67 Å². The molecule has 0 saturated carbocycles. The van der Waals surface area contributed by atoms with Gasteiger partial charge in [0, 0.05) is 0 Å². The summed E-state index contributed by atoms with van der Waals surface area (Å²) < 4.78 is 8.32. The fraction of sp³-hybridized carbons (Fsp3) is 1.00. The Balaban J connectivity index is 3.00. The SMILES string of the molecule is COO[PH](=S)ON. The summed E-state index contributed by atoms with van der Waals surface area (Å²) in [6.07, 6.45) is 0. The van der Waals surface area contributed by atoms with Gasteiger partial charge in [0.25, 0.3) is 0 Å². The van der Waals surface area contributed by atoms with Gasteiger partial charge in [-0.3, -0.25) is 0 Å². The molecule has 0 fully saturated rings. The second kappa shape index (κ2) is 4.64. The Hall–Kier alpha value is 0.490. The highest BCUT2D eigenvalue weighted by molar-refractivity contribution is 8.00. The summed E-state index contributed by atoms with van der Waals surface area (Å²) in [6, 6.07) is 0. The van der Waals surface area contributed by atoms with Crippen LogP contribution in [0.4, 0.5) is 0 Å². The second-order valence-corrected chi connectivity index (χ2v) is 2.52. The molecule has 7 heavy (non-hydrogen) atoms. The van der Waals surface area contributed by atoms with Crippen LogP contribution in [0.25, 0.3) is 0 Å². The second-order valence-electron chi connectivity index (χ2n) is 0.618. The molecule has 0 aliphatic rings. The van der Waals surface area contributed by atoms with Crippen LogP contribution < -0.4 is 5.90 Å². The summed E-state index contributed by atoms with van der Waals surface area (Å²) in [4.78, 5) is 4.13. The van der Waals surface area contributed by atoms with E-state index in [1.54, 1.807) is 0 Å². The van der Waals surface area contributed by atoms with Crippen molar-refractivity contribution in [1.82, 2.24) is 0 Å². The van der Waals surface area contributed by atoms with Gasteiger partial charge in [-0.05, 0) is 11.8 Å². The first-order valence-electron chi connectivity index (χ1n) is 1.42. The van der Waals surface area contributed by atoms with E-state index in [2.05, 4.69) is 31.9 Å². The zero-order chi connectivity index (χ0) is 5.70. The van der Waals surface area contributed by atoms with Crippen LogP contribution in [0.2, 0.25) is 0 Å². The van der Waals surface area contributed by atoms with Crippen LogP contribution in [0.5, 0.6) is 0 Å². The van der Waals surface area contributed by atoms with E-state index < -0.39 is 7.15 Å². The molecule has 6 heteroatoms. The van der Waals surface area contributed by atoms with Crippen LogP contribution in [0.1, 0.15) is 0 Å². The number of hydrogen-bond acceptors (Lipinski definition) is 5. The average Bonchev–Trinajstić information content (AvgIpc) is 1.68. The van der Waals surface area contributed by atoms with E-state index in [1.165, 1.54) is 7.11 Å². The fourth-order valence-corrected chi connectivity index (χ4v) is 0.467. The summed E-state index contributed by atoms with van der Waals surface area (Å²) >= 11 is 4.45. The molecule has 0 spiro atoms. The smallest absolute Gasteiger partial charge is 0.228 e. The molecule has 0 amide bonds. The highest BCUT2D eigenvalue weighted by Gasteiger charge is 1.85. The van der Waals surface area contributed by atoms with Crippen molar-refractivity contribution in [2.24, 2.45) is 5.90 Å². The lowest BCUT2D eigenvalue weighted by molar-refractivity contribution is -0.174. The van der Waals surface area contributed by atoms with Gasteiger partial charge < -0.3 is 0 Å². The standard InChI is InChI=1S/CH6NO3PS/c1-3-5-6(7)4-2/h6H,2H2,1H3. The molecule has 1 atom stereocenters. The third kappa shape index (κ3) is 4.34. The molecule has 2 N–H and O–H groups in total. The molecular weight excluding hydrogens is 137 g/mol. The lowest BCUT2D eigenvalue weighted by atomic mass is 11.8. The van der Waals surface area contributed by atoms with Gasteiger partial charge in [0.05, 0.1) is 7.11 Å². The summed E-state index contributed by atoms with van der Waals surface area (Å²) in [6.45, 7) is 0. The van der Waals surface area contributed by atoms with E-state index in [0.29, 0.717) is 0 Å². The zero-order valence-electron chi connectivity index (χ0n) is 3.71. The molecule has 0 aliphatic carbocycles. The molecular formula is CH6NO3PS. The topological polar surface area (TPSA) is 53.7 Å². The van der Waals surface area contributed by atoms with Crippen molar-refractivity contribution < 1.29 is 14.2 Å². The van der Waals surface area contributed by atoms with Crippen LogP contribution >= 0.6 is 7.15 Å². The van der Waals surface area contributed by atoms with Gasteiger partial charge in [-0.25, -0.2) is 15.4 Å². The van der Waals surface area contributed by atoms with Crippen LogP contribution in [0, 0.1) is 0 Å². The lowest BCUT2D eigenvalue weighted by Gasteiger charge is -1.95. The number of nitrogens with two attached hydrogens (primary N) is 1. The Bertz CT molecular complexity index is 68.0. The van der Waals surface area contributed by atoms with Crippen molar-refractivity contribution in [1.29, 1.82) is 0 Å². The molecule has 0 saturated heterocycles. The van der Waals surface area contributed by atoms with Crippen molar-refractivity contribution in [3.63, 3.8) is 0 Å². The minimum absolute atomic E-state index is 1.34. The Morgan fingerprint density at radius 1 is 1.71 bits per heavy atom. The Labute approximate surface area is 47.0 Å². The molecule has 0 aromatic carbocycles. The first-order valence-corrected chi connectivity index (χ1v) is 3.87. The summed E-state index contributed by atoms with van der Waals surface area (Å²) in [5.41, 5.74) is 0. The van der Waals surface area contributed by atoms with Crippen molar-refractivity contribution in [3.05, 3.63) is 0 Å². The van der Waals surface area contributed by atoms with Crippen LogP contribution in [0.3, 0.4) is 0 Å². The molecule has 0 aromatic rings. The maximum Gasteiger partial charge on any atom is 0.228 e.